The molecule has 2 rings (SSSR count). The van der Waals surface area contributed by atoms with Crippen LogP contribution in [-0.2, 0) is 9.53 Å². The van der Waals surface area contributed by atoms with Crippen LogP contribution in [0.4, 0.5) is 0 Å². The van der Waals surface area contributed by atoms with Crippen LogP contribution in [-0.4, -0.2) is 17.6 Å². The van der Waals surface area contributed by atoms with Gasteiger partial charge in [0, 0.05) is 10.7 Å². The Morgan fingerprint density at radius 1 is 1.61 bits per heavy atom. The third-order valence-electron chi connectivity index (χ3n) is 3.49. The first-order valence-corrected chi connectivity index (χ1v) is 7.19. The number of halogens is 1. The summed E-state index contributed by atoms with van der Waals surface area (Å²) in [5.41, 5.74) is 0.816. The van der Waals surface area contributed by atoms with E-state index in [2.05, 4.69) is 27.8 Å². The van der Waals surface area contributed by atoms with Crippen LogP contribution < -0.4 is 0 Å². The number of esters is 1. The molecule has 0 radical (unpaired) electrons. The second-order valence-electron chi connectivity index (χ2n) is 4.91. The van der Waals surface area contributed by atoms with Crippen molar-refractivity contribution in [3.05, 3.63) is 28.5 Å². The van der Waals surface area contributed by atoms with Crippen molar-refractivity contribution in [3.63, 3.8) is 0 Å². The van der Waals surface area contributed by atoms with Crippen molar-refractivity contribution in [3.8, 4) is 0 Å². The third-order valence-corrected chi connectivity index (χ3v) is 3.96. The summed E-state index contributed by atoms with van der Waals surface area (Å²) in [6, 6.07) is 3.82. The number of carbonyl (C=O) groups excluding carboxylic acids is 1. The Bertz CT molecular complexity index is 418. The highest BCUT2D eigenvalue weighted by Crippen LogP contribution is 2.44. The molecular weight excluding hydrogens is 294 g/mol. The summed E-state index contributed by atoms with van der Waals surface area (Å²) in [4.78, 5) is 16.4. The summed E-state index contributed by atoms with van der Waals surface area (Å²) in [6.45, 7) is 4.48. The van der Waals surface area contributed by atoms with Crippen molar-refractivity contribution in [2.45, 2.75) is 32.6 Å². The van der Waals surface area contributed by atoms with E-state index in [1.165, 1.54) is 6.42 Å². The van der Waals surface area contributed by atoms with Gasteiger partial charge < -0.3 is 4.74 Å². The Kier molecular flexibility index (Phi) is 4.38. The van der Waals surface area contributed by atoms with E-state index < -0.39 is 0 Å². The second kappa shape index (κ2) is 5.83. The van der Waals surface area contributed by atoms with Gasteiger partial charge in [0.2, 0.25) is 0 Å². The van der Waals surface area contributed by atoms with Crippen molar-refractivity contribution >= 4 is 21.9 Å². The van der Waals surface area contributed by atoms with Gasteiger partial charge in [-0.1, -0.05) is 6.92 Å². The fourth-order valence-electron chi connectivity index (χ4n) is 2.20. The summed E-state index contributed by atoms with van der Waals surface area (Å²) in [5.74, 6) is 1.02. The van der Waals surface area contributed by atoms with Crippen LogP contribution in [0.5, 0.6) is 0 Å². The molecule has 1 fully saturated rings. The van der Waals surface area contributed by atoms with Crippen LogP contribution in [0.1, 0.15) is 38.3 Å². The zero-order chi connectivity index (χ0) is 13.1. The molecule has 3 nitrogen and oxygen atoms in total. The Morgan fingerprint density at radius 3 is 2.83 bits per heavy atom. The van der Waals surface area contributed by atoms with Crippen LogP contribution in [0.15, 0.2) is 22.8 Å². The van der Waals surface area contributed by atoms with E-state index >= 15 is 0 Å². The normalized spacial score (nSPS) is 23.5. The van der Waals surface area contributed by atoms with E-state index in [0.717, 1.165) is 22.5 Å². The van der Waals surface area contributed by atoms with Gasteiger partial charge in [0.05, 0.1) is 18.2 Å². The van der Waals surface area contributed by atoms with Crippen molar-refractivity contribution in [1.82, 2.24) is 4.98 Å². The largest absolute Gasteiger partial charge is 0.465 e. The van der Waals surface area contributed by atoms with Crippen LogP contribution in [0.3, 0.4) is 0 Å². The Hall–Kier alpha value is -0.900. The first-order valence-electron chi connectivity index (χ1n) is 6.40. The summed E-state index contributed by atoms with van der Waals surface area (Å²) in [6.07, 6.45) is 3.80. The minimum absolute atomic E-state index is 0.147. The highest BCUT2D eigenvalue weighted by Gasteiger charge is 2.38. The Balaban J connectivity index is 2.12. The molecule has 0 amide bonds. The van der Waals surface area contributed by atoms with Gasteiger partial charge in [-0.25, -0.2) is 0 Å². The van der Waals surface area contributed by atoms with Gasteiger partial charge in [-0.05, 0) is 59.7 Å². The summed E-state index contributed by atoms with van der Waals surface area (Å²) in [5, 5.41) is 0. The van der Waals surface area contributed by atoms with E-state index in [1.54, 1.807) is 6.20 Å². The average Bonchev–Trinajstić information content (AvgIpc) is 3.04. The van der Waals surface area contributed by atoms with Crippen LogP contribution in [0.25, 0.3) is 0 Å². The van der Waals surface area contributed by atoms with E-state index in [0.29, 0.717) is 12.5 Å². The molecule has 0 aliphatic heterocycles. The number of carbonyl (C=O) groups is 1. The number of pyridine rings is 1. The molecule has 0 aromatic carbocycles. The van der Waals surface area contributed by atoms with E-state index in [9.17, 15) is 4.79 Å². The maximum absolute atomic E-state index is 12.0. The topological polar surface area (TPSA) is 39.2 Å². The first-order chi connectivity index (χ1) is 8.61. The number of hydrogen-bond donors (Lipinski definition) is 0. The Morgan fingerprint density at radius 2 is 2.33 bits per heavy atom. The smallest absolute Gasteiger partial charge is 0.315 e. The lowest BCUT2D eigenvalue weighted by molar-refractivity contribution is -0.145. The van der Waals surface area contributed by atoms with Crippen molar-refractivity contribution in [2.24, 2.45) is 11.8 Å². The molecule has 1 aliphatic carbocycles. The van der Waals surface area contributed by atoms with Gasteiger partial charge in [0.15, 0.2) is 0 Å². The van der Waals surface area contributed by atoms with Gasteiger partial charge in [-0.3, -0.25) is 9.78 Å². The lowest BCUT2D eigenvalue weighted by atomic mass is 9.97. The molecule has 1 heterocycles. The maximum Gasteiger partial charge on any atom is 0.315 e. The molecule has 18 heavy (non-hydrogen) atoms. The molecule has 4 heteroatoms. The second-order valence-corrected chi connectivity index (χ2v) is 5.83. The van der Waals surface area contributed by atoms with Crippen LogP contribution in [0, 0.1) is 11.8 Å². The predicted molar refractivity (Wildman–Crippen MR) is 73.2 cm³/mol. The van der Waals surface area contributed by atoms with E-state index in [4.69, 9.17) is 4.74 Å². The summed E-state index contributed by atoms with van der Waals surface area (Å²) in [7, 11) is 0. The number of hydrogen-bond acceptors (Lipinski definition) is 3. The van der Waals surface area contributed by atoms with Gasteiger partial charge >= 0.3 is 5.97 Å². The SMILES string of the molecule is CCOC(=O)C(C[C@@H]1C[C@H]1C)c1ccc(Br)cn1. The number of aromatic nitrogens is 1. The minimum Gasteiger partial charge on any atom is -0.465 e. The molecule has 1 saturated carbocycles. The molecule has 1 unspecified atom stereocenters. The lowest BCUT2D eigenvalue weighted by Gasteiger charge is -2.15. The van der Waals surface area contributed by atoms with Crippen molar-refractivity contribution in [1.29, 1.82) is 0 Å². The van der Waals surface area contributed by atoms with E-state index in [1.807, 2.05) is 19.1 Å². The number of ether oxygens (including phenoxy) is 1. The Labute approximate surface area is 116 Å². The summed E-state index contributed by atoms with van der Waals surface area (Å²) < 4.78 is 6.09. The standard InChI is InChI=1S/C14H18BrNO2/c1-3-18-14(17)12(7-10-6-9(10)2)13-5-4-11(15)8-16-13/h4-5,8-10,12H,3,6-7H2,1-2H3/t9-,10+,12?/m1/s1. The fourth-order valence-corrected chi connectivity index (χ4v) is 2.44. The van der Waals surface area contributed by atoms with Crippen LogP contribution >= 0.6 is 15.9 Å². The average molecular weight is 312 g/mol. The van der Waals surface area contributed by atoms with Gasteiger partial charge in [0.25, 0.3) is 0 Å². The first kappa shape index (κ1) is 13.5. The quantitative estimate of drug-likeness (QED) is 0.781. The maximum atomic E-state index is 12.0. The van der Waals surface area contributed by atoms with Crippen molar-refractivity contribution < 1.29 is 9.53 Å². The number of rotatable bonds is 5. The monoisotopic (exact) mass is 311 g/mol. The molecule has 3 atom stereocenters. The summed E-state index contributed by atoms with van der Waals surface area (Å²) >= 11 is 3.36. The lowest BCUT2D eigenvalue weighted by Crippen LogP contribution is -2.18. The highest BCUT2D eigenvalue weighted by atomic mass is 79.9. The molecular formula is C14H18BrNO2. The molecule has 1 aromatic heterocycles. The molecule has 0 N–H and O–H groups in total. The van der Waals surface area contributed by atoms with E-state index in [-0.39, 0.29) is 11.9 Å². The van der Waals surface area contributed by atoms with Crippen molar-refractivity contribution in [2.75, 3.05) is 6.61 Å². The van der Waals surface area contributed by atoms with Crippen LogP contribution in [0.2, 0.25) is 0 Å². The number of nitrogens with zero attached hydrogens (tertiary/aromatic N) is 1. The van der Waals surface area contributed by atoms with Gasteiger partial charge in [-0.2, -0.15) is 0 Å². The van der Waals surface area contributed by atoms with Gasteiger partial charge in [0.1, 0.15) is 0 Å². The fraction of sp³-hybridized carbons (Fsp3) is 0.571. The highest BCUT2D eigenvalue weighted by molar-refractivity contribution is 9.10. The molecule has 0 spiro atoms. The molecule has 1 aliphatic rings. The van der Waals surface area contributed by atoms with Gasteiger partial charge in [-0.15, -0.1) is 0 Å². The molecule has 98 valence electrons. The third kappa shape index (κ3) is 3.31. The molecule has 0 saturated heterocycles. The predicted octanol–water partition coefficient (Wildman–Crippen LogP) is 3.54. The zero-order valence-electron chi connectivity index (χ0n) is 10.7. The molecule has 0 bridgehead atoms. The zero-order valence-corrected chi connectivity index (χ0v) is 12.3. The minimum atomic E-state index is -0.215. The molecule has 1 aromatic rings.